The summed E-state index contributed by atoms with van der Waals surface area (Å²) < 4.78 is 0. The maximum atomic E-state index is 11.9. The van der Waals surface area contributed by atoms with Gasteiger partial charge in [-0.2, -0.15) is 0 Å². The largest absolute Gasteiger partial charge is 0.390 e. The van der Waals surface area contributed by atoms with Gasteiger partial charge in [0.1, 0.15) is 11.9 Å². The van der Waals surface area contributed by atoms with Crippen LogP contribution in [-0.2, 0) is 0 Å². The zero-order chi connectivity index (χ0) is 15.4. The molecule has 1 aromatic carbocycles. The van der Waals surface area contributed by atoms with Crippen LogP contribution in [0, 0.1) is 6.92 Å². The summed E-state index contributed by atoms with van der Waals surface area (Å²) in [6.07, 6.45) is -2.11. The molecule has 21 heavy (non-hydrogen) atoms. The minimum absolute atomic E-state index is 0.0869. The molecule has 8 nitrogen and oxygen atoms in total. The molecular formula is C13H15N5O3. The topological polar surface area (TPSA) is 135 Å². The Morgan fingerprint density at radius 3 is 2.95 bits per heavy atom. The average molecular weight is 289 g/mol. The molecule has 0 saturated heterocycles. The highest BCUT2D eigenvalue weighted by Crippen LogP contribution is 2.21. The number of nitrogens with zero attached hydrogens (tertiary/aromatic N) is 4. The lowest BCUT2D eigenvalue weighted by Gasteiger charge is -2.17. The zero-order valence-electron chi connectivity index (χ0n) is 11.4. The van der Waals surface area contributed by atoms with Gasteiger partial charge in [0.2, 0.25) is 0 Å². The first-order chi connectivity index (χ1) is 10.0. The highest BCUT2D eigenvalue weighted by molar-refractivity contribution is 5.78. The summed E-state index contributed by atoms with van der Waals surface area (Å²) in [5.41, 5.74) is 8.81. The average Bonchev–Trinajstić information content (AvgIpc) is 2.46. The van der Waals surface area contributed by atoms with E-state index in [9.17, 15) is 15.0 Å². The highest BCUT2D eigenvalue weighted by Gasteiger charge is 2.18. The fourth-order valence-electron chi connectivity index (χ4n) is 2.07. The number of rotatable bonds is 5. The molecule has 0 bridgehead atoms. The first-order valence-electron chi connectivity index (χ1n) is 6.40. The fraction of sp³-hybridized carbons (Fsp3) is 0.385. The summed E-state index contributed by atoms with van der Waals surface area (Å²) in [7, 11) is 0. The van der Waals surface area contributed by atoms with Crippen molar-refractivity contribution in [2.75, 3.05) is 6.54 Å². The molecule has 1 aromatic heterocycles. The van der Waals surface area contributed by atoms with Crippen molar-refractivity contribution in [2.24, 2.45) is 5.11 Å². The minimum atomic E-state index is -1.16. The number of hydrogen-bond donors (Lipinski definition) is 3. The molecule has 0 aliphatic carbocycles. The molecule has 8 heteroatoms. The van der Waals surface area contributed by atoms with Crippen molar-refractivity contribution in [3.63, 3.8) is 0 Å². The highest BCUT2D eigenvalue weighted by atomic mass is 16.3. The van der Waals surface area contributed by atoms with Gasteiger partial charge in [-0.05, 0) is 36.6 Å². The van der Waals surface area contributed by atoms with Crippen molar-refractivity contribution >= 4 is 10.9 Å². The molecule has 0 aliphatic rings. The Balaban J connectivity index is 2.29. The molecule has 1 heterocycles. The number of benzene rings is 1. The van der Waals surface area contributed by atoms with E-state index in [-0.39, 0.29) is 18.5 Å². The molecule has 0 radical (unpaired) electrons. The molecule has 2 rings (SSSR count). The molecule has 2 unspecified atom stereocenters. The van der Waals surface area contributed by atoms with E-state index >= 15 is 0 Å². The third-order valence-corrected chi connectivity index (χ3v) is 3.14. The maximum Gasteiger partial charge on any atom is 0.258 e. The number of aromatic nitrogens is 2. The number of nitrogens with one attached hydrogen (secondary N) is 1. The van der Waals surface area contributed by atoms with Crippen LogP contribution in [0.25, 0.3) is 21.3 Å². The Labute approximate surface area is 119 Å². The van der Waals surface area contributed by atoms with Crippen LogP contribution in [0.2, 0.25) is 0 Å². The Kier molecular flexibility index (Phi) is 4.54. The Bertz CT molecular complexity index is 751. The van der Waals surface area contributed by atoms with E-state index in [0.717, 1.165) is 0 Å². The van der Waals surface area contributed by atoms with Gasteiger partial charge in [-0.1, -0.05) is 11.2 Å². The fourth-order valence-corrected chi connectivity index (χ4v) is 2.07. The smallest absolute Gasteiger partial charge is 0.258 e. The van der Waals surface area contributed by atoms with Crippen molar-refractivity contribution in [3.8, 4) is 0 Å². The summed E-state index contributed by atoms with van der Waals surface area (Å²) in [5.74, 6) is 0.509. The number of fused-ring (bicyclic) bond motifs is 1. The van der Waals surface area contributed by atoms with E-state index in [1.165, 1.54) is 6.07 Å². The van der Waals surface area contributed by atoms with E-state index in [2.05, 4.69) is 20.0 Å². The number of aromatic amines is 1. The monoisotopic (exact) mass is 289 g/mol. The van der Waals surface area contributed by atoms with Gasteiger partial charge in [-0.25, -0.2) is 4.98 Å². The van der Waals surface area contributed by atoms with Crippen LogP contribution in [-0.4, -0.2) is 32.8 Å². The molecule has 0 saturated carbocycles. The van der Waals surface area contributed by atoms with Crippen LogP contribution >= 0.6 is 0 Å². The molecular weight excluding hydrogens is 274 g/mol. The van der Waals surface area contributed by atoms with Gasteiger partial charge in [0.05, 0.1) is 17.0 Å². The second-order valence-corrected chi connectivity index (χ2v) is 4.68. The number of aryl methyl sites for hydroxylation is 1. The summed E-state index contributed by atoms with van der Waals surface area (Å²) >= 11 is 0. The maximum absolute atomic E-state index is 11.9. The van der Waals surface area contributed by atoms with Crippen molar-refractivity contribution in [3.05, 3.63) is 50.4 Å². The second-order valence-electron chi connectivity index (χ2n) is 4.68. The van der Waals surface area contributed by atoms with Gasteiger partial charge in [-0.3, -0.25) is 4.79 Å². The van der Waals surface area contributed by atoms with Gasteiger partial charge in [-0.15, -0.1) is 0 Å². The summed E-state index contributed by atoms with van der Waals surface area (Å²) in [5, 5.41) is 23.6. The predicted octanol–water partition coefficient (Wildman–Crippen LogP) is 1.33. The van der Waals surface area contributed by atoms with Gasteiger partial charge in [0.25, 0.3) is 5.56 Å². The van der Waals surface area contributed by atoms with Crippen LogP contribution in [0.3, 0.4) is 0 Å². The van der Waals surface area contributed by atoms with E-state index in [1.54, 1.807) is 19.1 Å². The summed E-state index contributed by atoms with van der Waals surface area (Å²) in [4.78, 5) is 21.2. The Morgan fingerprint density at radius 2 is 2.24 bits per heavy atom. The van der Waals surface area contributed by atoms with Gasteiger partial charge < -0.3 is 15.2 Å². The van der Waals surface area contributed by atoms with E-state index in [0.29, 0.717) is 22.3 Å². The van der Waals surface area contributed by atoms with Crippen LogP contribution in [0.1, 0.15) is 23.9 Å². The summed E-state index contributed by atoms with van der Waals surface area (Å²) in [6, 6.07) is 4.73. The third kappa shape index (κ3) is 3.38. The summed E-state index contributed by atoms with van der Waals surface area (Å²) in [6.45, 7) is 1.77. The predicted molar refractivity (Wildman–Crippen MR) is 76.7 cm³/mol. The molecule has 0 amide bonds. The number of aliphatic hydroxyl groups is 2. The van der Waals surface area contributed by atoms with E-state index in [4.69, 9.17) is 5.53 Å². The number of azide groups is 1. The van der Waals surface area contributed by atoms with Crippen LogP contribution < -0.4 is 5.56 Å². The lowest BCUT2D eigenvalue weighted by atomic mass is 10.0. The SMILES string of the molecule is Cc1nc2ccc(C(O)C(O)CCN=[N+]=[N-])cc2c(=O)[nH]1. The van der Waals surface area contributed by atoms with Crippen molar-refractivity contribution in [2.45, 2.75) is 25.6 Å². The van der Waals surface area contributed by atoms with Gasteiger partial charge in [0.15, 0.2) is 0 Å². The first-order valence-corrected chi connectivity index (χ1v) is 6.40. The van der Waals surface area contributed by atoms with Gasteiger partial charge in [0, 0.05) is 11.5 Å². The molecule has 0 spiro atoms. The standard InChI is InChI=1S/C13H15N5O3/c1-7-16-10-3-2-8(6-9(10)13(21)17-7)12(20)11(19)4-5-15-18-14/h2-3,6,11-12,19-20H,4-5H2,1H3,(H,16,17,21). The Hall–Kier alpha value is -2.41. The van der Waals surface area contributed by atoms with Crippen molar-refractivity contribution in [1.29, 1.82) is 0 Å². The quantitative estimate of drug-likeness (QED) is 0.434. The second kappa shape index (κ2) is 6.36. The normalized spacial score (nSPS) is 13.7. The molecule has 2 atom stereocenters. The Morgan fingerprint density at radius 1 is 1.48 bits per heavy atom. The van der Waals surface area contributed by atoms with Crippen molar-refractivity contribution < 1.29 is 10.2 Å². The first kappa shape index (κ1) is 15.0. The van der Waals surface area contributed by atoms with Gasteiger partial charge >= 0.3 is 0 Å². The molecule has 110 valence electrons. The van der Waals surface area contributed by atoms with E-state index in [1.807, 2.05) is 0 Å². The van der Waals surface area contributed by atoms with Crippen LogP contribution in [0.5, 0.6) is 0 Å². The minimum Gasteiger partial charge on any atom is -0.390 e. The molecule has 0 aliphatic heterocycles. The number of hydrogen-bond acceptors (Lipinski definition) is 5. The van der Waals surface area contributed by atoms with Crippen molar-refractivity contribution in [1.82, 2.24) is 9.97 Å². The molecule has 2 aromatic rings. The van der Waals surface area contributed by atoms with Crippen LogP contribution in [0.15, 0.2) is 28.1 Å². The zero-order valence-corrected chi connectivity index (χ0v) is 11.4. The molecule has 3 N–H and O–H groups in total. The lowest BCUT2D eigenvalue weighted by Crippen LogP contribution is -2.19. The molecule has 0 fully saturated rings. The van der Waals surface area contributed by atoms with E-state index < -0.39 is 12.2 Å². The third-order valence-electron chi connectivity index (χ3n) is 3.14. The lowest BCUT2D eigenvalue weighted by molar-refractivity contribution is 0.0151. The number of aliphatic hydroxyl groups excluding tert-OH is 2. The van der Waals surface area contributed by atoms with Crippen LogP contribution in [0.4, 0.5) is 0 Å². The number of H-pyrrole nitrogens is 1.